The van der Waals surface area contributed by atoms with E-state index in [-0.39, 0.29) is 5.91 Å². The molecule has 1 aromatic heterocycles. The SMILES string of the molecule is COCCN(CCCl)C(=O)c1cncn1C. The molecule has 0 aliphatic carbocycles. The molecule has 1 rings (SSSR count). The van der Waals surface area contributed by atoms with Crippen molar-refractivity contribution in [2.24, 2.45) is 7.05 Å². The largest absolute Gasteiger partial charge is 0.383 e. The molecule has 1 aromatic rings. The highest BCUT2D eigenvalue weighted by molar-refractivity contribution is 6.18. The van der Waals surface area contributed by atoms with E-state index in [1.54, 1.807) is 36.1 Å². The average Bonchev–Trinajstić information content (AvgIpc) is 2.69. The number of aryl methyl sites for hydroxylation is 1. The molecule has 0 atom stereocenters. The van der Waals surface area contributed by atoms with Crippen molar-refractivity contribution in [1.82, 2.24) is 14.5 Å². The molecular weight excluding hydrogens is 230 g/mol. The first-order valence-electron chi connectivity index (χ1n) is 5.01. The van der Waals surface area contributed by atoms with Gasteiger partial charge in [-0.05, 0) is 0 Å². The first-order chi connectivity index (χ1) is 7.70. The average molecular weight is 246 g/mol. The van der Waals surface area contributed by atoms with Gasteiger partial charge in [-0.1, -0.05) is 0 Å². The zero-order valence-electron chi connectivity index (χ0n) is 9.52. The molecule has 0 unspecified atom stereocenters. The molecule has 1 amide bonds. The first kappa shape index (κ1) is 13.0. The second-order valence-corrected chi connectivity index (χ2v) is 3.74. The van der Waals surface area contributed by atoms with Gasteiger partial charge in [-0.2, -0.15) is 0 Å². The maximum atomic E-state index is 12.1. The van der Waals surface area contributed by atoms with Crippen molar-refractivity contribution >= 4 is 17.5 Å². The summed E-state index contributed by atoms with van der Waals surface area (Å²) in [5.74, 6) is 0.338. The second-order valence-electron chi connectivity index (χ2n) is 3.36. The highest BCUT2D eigenvalue weighted by Crippen LogP contribution is 2.03. The topological polar surface area (TPSA) is 47.4 Å². The van der Waals surface area contributed by atoms with Crippen LogP contribution in [0, 0.1) is 0 Å². The molecule has 0 aliphatic heterocycles. The van der Waals surface area contributed by atoms with Gasteiger partial charge in [0, 0.05) is 33.1 Å². The number of methoxy groups -OCH3 is 1. The van der Waals surface area contributed by atoms with Gasteiger partial charge in [-0.3, -0.25) is 4.79 Å². The van der Waals surface area contributed by atoms with Crippen molar-refractivity contribution in [2.75, 3.05) is 32.7 Å². The number of halogens is 1. The molecule has 0 fully saturated rings. The number of nitrogens with zero attached hydrogens (tertiary/aromatic N) is 3. The highest BCUT2D eigenvalue weighted by atomic mass is 35.5. The maximum Gasteiger partial charge on any atom is 0.272 e. The summed E-state index contributed by atoms with van der Waals surface area (Å²) >= 11 is 5.66. The second kappa shape index (κ2) is 6.50. The number of aromatic nitrogens is 2. The summed E-state index contributed by atoms with van der Waals surface area (Å²) in [5, 5.41) is 0. The van der Waals surface area contributed by atoms with Crippen LogP contribution < -0.4 is 0 Å². The fourth-order valence-corrected chi connectivity index (χ4v) is 1.55. The smallest absolute Gasteiger partial charge is 0.272 e. The van der Waals surface area contributed by atoms with Gasteiger partial charge in [-0.25, -0.2) is 4.98 Å². The van der Waals surface area contributed by atoms with E-state index in [1.807, 2.05) is 0 Å². The Bertz CT molecular complexity index is 341. The molecule has 6 heteroatoms. The summed E-state index contributed by atoms with van der Waals surface area (Å²) < 4.78 is 6.65. The molecule has 0 spiro atoms. The van der Waals surface area contributed by atoms with Crippen LogP contribution in [0.4, 0.5) is 0 Å². The van der Waals surface area contributed by atoms with E-state index in [1.165, 1.54) is 0 Å². The van der Waals surface area contributed by atoms with E-state index in [0.717, 1.165) is 0 Å². The van der Waals surface area contributed by atoms with Crippen LogP contribution in [0.1, 0.15) is 10.5 Å². The van der Waals surface area contributed by atoms with Gasteiger partial charge in [0.15, 0.2) is 0 Å². The van der Waals surface area contributed by atoms with Crippen LogP contribution in [0.25, 0.3) is 0 Å². The lowest BCUT2D eigenvalue weighted by atomic mass is 10.3. The zero-order valence-corrected chi connectivity index (χ0v) is 10.3. The van der Waals surface area contributed by atoms with Crippen LogP contribution in [0.15, 0.2) is 12.5 Å². The fraction of sp³-hybridized carbons (Fsp3) is 0.600. The normalized spacial score (nSPS) is 10.4. The van der Waals surface area contributed by atoms with Crippen molar-refractivity contribution in [2.45, 2.75) is 0 Å². The number of alkyl halides is 1. The van der Waals surface area contributed by atoms with Gasteiger partial charge >= 0.3 is 0 Å². The molecule has 90 valence electrons. The maximum absolute atomic E-state index is 12.1. The van der Waals surface area contributed by atoms with Gasteiger partial charge in [0.25, 0.3) is 5.91 Å². The van der Waals surface area contributed by atoms with Gasteiger partial charge in [0.05, 0.1) is 19.1 Å². The number of imidazole rings is 1. The van der Waals surface area contributed by atoms with E-state index >= 15 is 0 Å². The fourth-order valence-electron chi connectivity index (χ4n) is 1.34. The van der Waals surface area contributed by atoms with E-state index in [0.29, 0.717) is 31.3 Å². The standard InChI is InChI=1S/C10H16ClN3O2/c1-13-8-12-7-9(13)10(15)14(4-3-11)5-6-16-2/h7-8H,3-6H2,1-2H3. The summed E-state index contributed by atoms with van der Waals surface area (Å²) in [4.78, 5) is 17.7. The monoisotopic (exact) mass is 245 g/mol. The van der Waals surface area contributed by atoms with Crippen LogP contribution >= 0.6 is 11.6 Å². The third-order valence-electron chi connectivity index (χ3n) is 2.24. The van der Waals surface area contributed by atoms with Crippen molar-refractivity contribution in [3.05, 3.63) is 18.2 Å². The number of rotatable bonds is 6. The summed E-state index contributed by atoms with van der Waals surface area (Å²) in [7, 11) is 3.39. The molecule has 1 heterocycles. The summed E-state index contributed by atoms with van der Waals surface area (Å²) in [6.07, 6.45) is 3.15. The van der Waals surface area contributed by atoms with Crippen molar-refractivity contribution in [3.63, 3.8) is 0 Å². The zero-order chi connectivity index (χ0) is 12.0. The lowest BCUT2D eigenvalue weighted by molar-refractivity contribution is 0.0698. The van der Waals surface area contributed by atoms with Gasteiger partial charge in [0.2, 0.25) is 0 Å². The predicted molar refractivity (Wildman–Crippen MR) is 61.7 cm³/mol. The number of amides is 1. The van der Waals surface area contributed by atoms with Crippen LogP contribution in [0.2, 0.25) is 0 Å². The van der Waals surface area contributed by atoms with Crippen LogP contribution in [0.3, 0.4) is 0 Å². The number of ether oxygens (including phenoxy) is 1. The summed E-state index contributed by atoms with van der Waals surface area (Å²) in [6, 6.07) is 0. The number of carbonyl (C=O) groups is 1. The minimum absolute atomic E-state index is 0.0716. The Morgan fingerprint density at radius 2 is 2.38 bits per heavy atom. The van der Waals surface area contributed by atoms with Gasteiger partial charge in [0.1, 0.15) is 5.69 Å². The Morgan fingerprint density at radius 1 is 1.62 bits per heavy atom. The van der Waals surface area contributed by atoms with Crippen molar-refractivity contribution in [3.8, 4) is 0 Å². The van der Waals surface area contributed by atoms with Crippen molar-refractivity contribution in [1.29, 1.82) is 0 Å². The Balaban J connectivity index is 2.70. The van der Waals surface area contributed by atoms with Crippen LogP contribution in [0.5, 0.6) is 0 Å². The van der Waals surface area contributed by atoms with E-state index in [9.17, 15) is 4.79 Å². The molecule has 0 N–H and O–H groups in total. The Hall–Kier alpha value is -1.07. The van der Waals surface area contributed by atoms with E-state index in [2.05, 4.69) is 4.98 Å². The molecule has 0 aliphatic rings. The predicted octanol–water partition coefficient (Wildman–Crippen LogP) is 0.748. The molecule has 0 radical (unpaired) electrons. The lowest BCUT2D eigenvalue weighted by Gasteiger charge is -2.21. The number of carbonyl (C=O) groups excluding carboxylic acids is 1. The number of hydrogen-bond acceptors (Lipinski definition) is 3. The summed E-state index contributed by atoms with van der Waals surface area (Å²) in [5.41, 5.74) is 0.557. The third-order valence-corrected chi connectivity index (χ3v) is 2.41. The highest BCUT2D eigenvalue weighted by Gasteiger charge is 2.17. The first-order valence-corrected chi connectivity index (χ1v) is 5.54. The van der Waals surface area contributed by atoms with Crippen molar-refractivity contribution < 1.29 is 9.53 Å². The Labute approximate surface area is 100.0 Å². The number of hydrogen-bond donors (Lipinski definition) is 0. The van der Waals surface area contributed by atoms with E-state index in [4.69, 9.17) is 16.3 Å². The van der Waals surface area contributed by atoms with Gasteiger partial charge < -0.3 is 14.2 Å². The molecule has 5 nitrogen and oxygen atoms in total. The van der Waals surface area contributed by atoms with E-state index < -0.39 is 0 Å². The quantitative estimate of drug-likeness (QED) is 0.695. The Kier molecular flexibility index (Phi) is 5.28. The van der Waals surface area contributed by atoms with Crippen LogP contribution in [-0.4, -0.2) is 53.0 Å². The minimum atomic E-state index is -0.0716. The minimum Gasteiger partial charge on any atom is -0.383 e. The Morgan fingerprint density at radius 3 is 2.88 bits per heavy atom. The molecule has 0 saturated heterocycles. The molecule has 0 aromatic carbocycles. The summed E-state index contributed by atoms with van der Waals surface area (Å²) in [6.45, 7) is 1.54. The lowest BCUT2D eigenvalue weighted by Crippen LogP contribution is -2.36. The van der Waals surface area contributed by atoms with Crippen LogP contribution in [-0.2, 0) is 11.8 Å². The molecule has 0 bridgehead atoms. The van der Waals surface area contributed by atoms with Gasteiger partial charge in [-0.15, -0.1) is 11.6 Å². The molecule has 16 heavy (non-hydrogen) atoms. The third kappa shape index (κ3) is 3.21. The molecule has 0 saturated carbocycles. The molecular formula is C10H16ClN3O2.